The number of nitrogens with zero attached hydrogens (tertiary/aromatic N) is 2. The molecule has 0 radical (unpaired) electrons. The Morgan fingerprint density at radius 3 is 2.88 bits per heavy atom. The maximum Gasteiger partial charge on any atom is 0.226 e. The minimum absolute atomic E-state index is 0.653. The summed E-state index contributed by atoms with van der Waals surface area (Å²) in [5.41, 5.74) is 0.954. The molecule has 1 aliphatic rings. The van der Waals surface area contributed by atoms with Crippen molar-refractivity contribution in [1.29, 1.82) is 0 Å². The van der Waals surface area contributed by atoms with Crippen molar-refractivity contribution in [3.05, 3.63) is 30.2 Å². The van der Waals surface area contributed by atoms with E-state index in [1.165, 1.54) is 37.3 Å². The second-order valence-electron chi connectivity index (χ2n) is 6.20. The number of rotatable bonds is 9. The summed E-state index contributed by atoms with van der Waals surface area (Å²) in [6, 6.07) is 8.57. The van der Waals surface area contributed by atoms with Crippen LogP contribution in [0.15, 0.2) is 28.8 Å². The highest BCUT2D eigenvalue weighted by atomic mass is 32.2. The van der Waals surface area contributed by atoms with Crippen LogP contribution in [0.2, 0.25) is 0 Å². The molecule has 0 spiro atoms. The molecule has 0 saturated carbocycles. The minimum atomic E-state index is 0.653. The Labute approximate surface area is 147 Å². The minimum Gasteiger partial charge on any atom is -0.497 e. The molecule has 0 amide bonds. The van der Waals surface area contributed by atoms with Crippen molar-refractivity contribution in [3.63, 3.8) is 0 Å². The fourth-order valence-electron chi connectivity index (χ4n) is 2.90. The molecule has 6 heteroatoms. The number of quaternary nitrogens is 1. The van der Waals surface area contributed by atoms with Crippen LogP contribution in [0.3, 0.4) is 0 Å². The summed E-state index contributed by atoms with van der Waals surface area (Å²) in [6.07, 6.45) is 5.83. The Hall–Kier alpha value is -1.53. The summed E-state index contributed by atoms with van der Waals surface area (Å²) < 4.78 is 10.5. The predicted octanol–water partition coefficient (Wildman–Crippen LogP) is 2.53. The largest absolute Gasteiger partial charge is 0.497 e. The van der Waals surface area contributed by atoms with Gasteiger partial charge in [-0.25, -0.2) is 0 Å². The number of hydrogen-bond acceptors (Lipinski definition) is 5. The molecule has 1 aromatic heterocycles. The van der Waals surface area contributed by atoms with E-state index in [2.05, 4.69) is 27.2 Å². The molecule has 1 fully saturated rings. The lowest BCUT2D eigenvalue weighted by atomic mass is 10.2. The number of ether oxygens (including phenoxy) is 1. The maximum atomic E-state index is 5.36. The molecule has 0 unspecified atom stereocenters. The van der Waals surface area contributed by atoms with Gasteiger partial charge in [-0.15, -0.1) is 0 Å². The molecule has 1 aliphatic heterocycles. The average Bonchev–Trinajstić information content (AvgIpc) is 3.30. The van der Waals surface area contributed by atoms with Gasteiger partial charge in [0.15, 0.2) is 0 Å². The zero-order valence-corrected chi connectivity index (χ0v) is 15.1. The van der Waals surface area contributed by atoms with E-state index >= 15 is 0 Å². The Balaban J connectivity index is 1.36. The summed E-state index contributed by atoms with van der Waals surface area (Å²) in [6.45, 7) is 1.24. The molecule has 5 nitrogen and oxygen atoms in total. The molecule has 0 aliphatic carbocycles. The molecule has 1 atom stereocenters. The van der Waals surface area contributed by atoms with Gasteiger partial charge in [0.1, 0.15) is 5.75 Å². The third-order valence-corrected chi connectivity index (χ3v) is 5.56. The fourth-order valence-corrected chi connectivity index (χ4v) is 4.14. The highest BCUT2D eigenvalue weighted by molar-refractivity contribution is 7.99. The molecule has 0 bridgehead atoms. The number of nitrogens with two attached hydrogens (primary N) is 1. The summed E-state index contributed by atoms with van der Waals surface area (Å²) in [5, 5.41) is 6.60. The van der Waals surface area contributed by atoms with Crippen molar-refractivity contribution >= 4 is 11.8 Å². The number of benzene rings is 1. The maximum absolute atomic E-state index is 5.36. The lowest BCUT2D eigenvalue weighted by Gasteiger charge is -2.06. The van der Waals surface area contributed by atoms with Gasteiger partial charge >= 0.3 is 0 Å². The van der Waals surface area contributed by atoms with E-state index in [4.69, 9.17) is 9.26 Å². The second-order valence-corrected chi connectivity index (χ2v) is 7.35. The number of methoxy groups -OCH3 is 1. The first-order valence-electron chi connectivity index (χ1n) is 8.73. The third-order valence-electron chi connectivity index (χ3n) is 4.38. The Bertz CT molecular complexity index is 609. The normalized spacial score (nSPS) is 17.3. The van der Waals surface area contributed by atoms with Crippen molar-refractivity contribution in [3.8, 4) is 17.1 Å². The van der Waals surface area contributed by atoms with Crippen molar-refractivity contribution in [2.24, 2.45) is 0 Å². The average molecular weight is 348 g/mol. The first-order valence-corrected chi connectivity index (χ1v) is 9.88. The SMILES string of the molecule is COc1ccc(-c2noc(CCCCC[NH2+][C@H]3CCSC3)n2)cc1. The van der Waals surface area contributed by atoms with Gasteiger partial charge in [0.05, 0.1) is 19.7 Å². The van der Waals surface area contributed by atoms with Crippen molar-refractivity contribution in [2.75, 3.05) is 25.2 Å². The number of aryl methyl sites for hydroxylation is 1. The second kappa shape index (κ2) is 9.08. The molecule has 2 aromatic rings. The van der Waals surface area contributed by atoms with Gasteiger partial charge in [0.25, 0.3) is 0 Å². The van der Waals surface area contributed by atoms with Gasteiger partial charge in [-0.3, -0.25) is 0 Å². The Morgan fingerprint density at radius 1 is 1.25 bits per heavy atom. The Morgan fingerprint density at radius 2 is 2.12 bits per heavy atom. The number of thioether (sulfide) groups is 1. The standard InChI is InChI=1S/C18H25N3O2S/c1-22-16-8-6-14(7-9-16)18-20-17(23-21-18)5-3-2-4-11-19-15-10-12-24-13-15/h6-9,15,19H,2-5,10-13H2,1H3/p+1/t15-/m0/s1. The lowest BCUT2D eigenvalue weighted by Crippen LogP contribution is -2.90. The summed E-state index contributed by atoms with van der Waals surface area (Å²) >= 11 is 2.08. The van der Waals surface area contributed by atoms with Crippen molar-refractivity contribution in [1.82, 2.24) is 10.1 Å². The van der Waals surface area contributed by atoms with Gasteiger partial charge in [-0.05, 0) is 49.3 Å². The highest BCUT2D eigenvalue weighted by Crippen LogP contribution is 2.20. The van der Waals surface area contributed by atoms with Crippen LogP contribution in [0.4, 0.5) is 0 Å². The molecule has 130 valence electrons. The third kappa shape index (κ3) is 4.98. The van der Waals surface area contributed by atoms with Crippen molar-refractivity contribution in [2.45, 2.75) is 38.1 Å². The van der Waals surface area contributed by atoms with Crippen LogP contribution in [0.1, 0.15) is 31.6 Å². The van der Waals surface area contributed by atoms with Crippen LogP contribution in [0, 0.1) is 0 Å². The van der Waals surface area contributed by atoms with Crippen LogP contribution in [0.5, 0.6) is 5.75 Å². The van der Waals surface area contributed by atoms with Crippen LogP contribution in [-0.4, -0.2) is 41.3 Å². The van der Waals surface area contributed by atoms with E-state index in [9.17, 15) is 0 Å². The van der Waals surface area contributed by atoms with E-state index in [1.54, 1.807) is 7.11 Å². The molecular formula is C18H26N3O2S+. The topological polar surface area (TPSA) is 64.8 Å². The van der Waals surface area contributed by atoms with E-state index in [-0.39, 0.29) is 0 Å². The molecular weight excluding hydrogens is 322 g/mol. The van der Waals surface area contributed by atoms with Gasteiger partial charge in [0, 0.05) is 24.2 Å². The molecule has 2 heterocycles. The molecule has 3 rings (SSSR count). The zero-order chi connectivity index (χ0) is 16.6. The predicted molar refractivity (Wildman–Crippen MR) is 96.4 cm³/mol. The molecule has 1 aromatic carbocycles. The van der Waals surface area contributed by atoms with Gasteiger partial charge in [0.2, 0.25) is 11.7 Å². The first kappa shape index (κ1) is 17.3. The highest BCUT2D eigenvalue weighted by Gasteiger charge is 2.17. The quantitative estimate of drug-likeness (QED) is 0.706. The van der Waals surface area contributed by atoms with E-state index < -0.39 is 0 Å². The lowest BCUT2D eigenvalue weighted by molar-refractivity contribution is -0.684. The van der Waals surface area contributed by atoms with Crippen LogP contribution >= 0.6 is 11.8 Å². The monoisotopic (exact) mass is 348 g/mol. The number of hydrogen-bond donors (Lipinski definition) is 1. The zero-order valence-electron chi connectivity index (χ0n) is 14.2. The van der Waals surface area contributed by atoms with Gasteiger partial charge < -0.3 is 14.6 Å². The van der Waals surface area contributed by atoms with E-state index in [0.29, 0.717) is 5.82 Å². The summed E-state index contributed by atoms with van der Waals surface area (Å²) in [7, 11) is 1.66. The molecule has 2 N–H and O–H groups in total. The summed E-state index contributed by atoms with van der Waals surface area (Å²) in [5.74, 6) is 4.89. The van der Waals surface area contributed by atoms with Crippen LogP contribution in [0.25, 0.3) is 11.4 Å². The van der Waals surface area contributed by atoms with Gasteiger partial charge in [-0.2, -0.15) is 16.7 Å². The number of unbranched alkanes of at least 4 members (excludes halogenated alkanes) is 2. The van der Waals surface area contributed by atoms with Crippen LogP contribution in [-0.2, 0) is 6.42 Å². The van der Waals surface area contributed by atoms with Gasteiger partial charge in [-0.1, -0.05) is 5.16 Å². The molecule has 24 heavy (non-hydrogen) atoms. The Kier molecular flexibility index (Phi) is 6.55. The van der Waals surface area contributed by atoms with Crippen molar-refractivity contribution < 1.29 is 14.6 Å². The van der Waals surface area contributed by atoms with E-state index in [0.717, 1.165) is 36.1 Å². The number of aromatic nitrogens is 2. The van der Waals surface area contributed by atoms with Crippen LogP contribution < -0.4 is 10.1 Å². The molecule has 1 saturated heterocycles. The summed E-state index contributed by atoms with van der Waals surface area (Å²) in [4.78, 5) is 4.49. The fraction of sp³-hybridized carbons (Fsp3) is 0.556. The smallest absolute Gasteiger partial charge is 0.226 e. The van der Waals surface area contributed by atoms with E-state index in [1.807, 2.05) is 24.3 Å². The first-order chi connectivity index (χ1) is 11.8.